The number of halogens is 1. The Morgan fingerprint density at radius 1 is 1.36 bits per heavy atom. The third-order valence-corrected chi connectivity index (χ3v) is 4.22. The standard InChI is InChI=1S/C18H29N5O.HI/c1-3-19-18(22-14-16-9-4-6-11-20-16)21-12-10-17(24)23-13-7-5-8-15(23)2;/h4,6,9,11,15H,3,5,7-8,10,12-14H2,1-2H3,(H2,19,21,22);1H. The lowest BCUT2D eigenvalue weighted by Gasteiger charge is -2.33. The number of aliphatic imine (C=N–C) groups is 1. The molecular weight excluding hydrogens is 429 g/mol. The van der Waals surface area contributed by atoms with Crippen LogP contribution < -0.4 is 10.6 Å². The average Bonchev–Trinajstić information content (AvgIpc) is 2.61. The topological polar surface area (TPSA) is 69.6 Å². The van der Waals surface area contributed by atoms with Crippen LogP contribution in [0.1, 0.15) is 45.2 Å². The molecule has 2 N–H and O–H groups in total. The number of carbonyl (C=O) groups excluding carboxylic acids is 1. The summed E-state index contributed by atoms with van der Waals surface area (Å²) in [6, 6.07) is 6.17. The molecule has 2 heterocycles. The third kappa shape index (κ3) is 7.58. The van der Waals surface area contributed by atoms with Crippen LogP contribution in [0, 0.1) is 0 Å². The van der Waals surface area contributed by atoms with E-state index in [0.29, 0.717) is 25.6 Å². The zero-order valence-corrected chi connectivity index (χ0v) is 17.5. The molecule has 1 aliphatic heterocycles. The van der Waals surface area contributed by atoms with Gasteiger partial charge in [0.25, 0.3) is 0 Å². The summed E-state index contributed by atoms with van der Waals surface area (Å²) in [5, 5.41) is 6.44. The molecule has 2 rings (SSSR count). The minimum atomic E-state index is 0. The number of hydrogen-bond donors (Lipinski definition) is 2. The zero-order valence-electron chi connectivity index (χ0n) is 15.2. The van der Waals surface area contributed by atoms with Crippen LogP contribution in [0.2, 0.25) is 0 Å². The van der Waals surface area contributed by atoms with Gasteiger partial charge >= 0.3 is 0 Å². The molecule has 0 spiro atoms. The number of likely N-dealkylation sites (tertiary alicyclic amines) is 1. The van der Waals surface area contributed by atoms with Crippen molar-refractivity contribution in [3.05, 3.63) is 30.1 Å². The van der Waals surface area contributed by atoms with Gasteiger partial charge in [0, 0.05) is 38.3 Å². The first-order valence-electron chi connectivity index (χ1n) is 8.92. The van der Waals surface area contributed by atoms with Crippen molar-refractivity contribution in [2.75, 3.05) is 19.6 Å². The van der Waals surface area contributed by atoms with Gasteiger partial charge in [-0.2, -0.15) is 0 Å². The van der Waals surface area contributed by atoms with Gasteiger partial charge < -0.3 is 15.5 Å². The second-order valence-electron chi connectivity index (χ2n) is 6.12. The number of nitrogens with zero attached hydrogens (tertiary/aromatic N) is 3. The first kappa shape index (κ1) is 21.7. The quantitative estimate of drug-likeness (QED) is 0.390. The Morgan fingerprint density at radius 3 is 2.88 bits per heavy atom. The summed E-state index contributed by atoms with van der Waals surface area (Å²) in [4.78, 5) is 23.1. The van der Waals surface area contributed by atoms with Crippen molar-refractivity contribution in [3.8, 4) is 0 Å². The van der Waals surface area contributed by atoms with Gasteiger partial charge in [-0.1, -0.05) is 6.07 Å². The third-order valence-electron chi connectivity index (χ3n) is 4.22. The Morgan fingerprint density at radius 2 is 2.20 bits per heavy atom. The van der Waals surface area contributed by atoms with E-state index in [2.05, 4.69) is 27.5 Å². The minimum absolute atomic E-state index is 0. The van der Waals surface area contributed by atoms with E-state index in [-0.39, 0.29) is 29.9 Å². The number of amides is 1. The molecule has 1 unspecified atom stereocenters. The van der Waals surface area contributed by atoms with Gasteiger partial charge in [-0.25, -0.2) is 4.99 Å². The van der Waals surface area contributed by atoms with Crippen LogP contribution in [0.25, 0.3) is 0 Å². The molecule has 1 fully saturated rings. The van der Waals surface area contributed by atoms with Crippen molar-refractivity contribution < 1.29 is 4.79 Å². The second-order valence-corrected chi connectivity index (χ2v) is 6.12. The summed E-state index contributed by atoms with van der Waals surface area (Å²) >= 11 is 0. The Balaban J connectivity index is 0.00000312. The molecule has 1 atom stereocenters. The predicted octanol–water partition coefficient (Wildman–Crippen LogP) is 2.55. The van der Waals surface area contributed by atoms with Gasteiger partial charge in [0.05, 0.1) is 12.2 Å². The molecule has 25 heavy (non-hydrogen) atoms. The highest BCUT2D eigenvalue weighted by molar-refractivity contribution is 14.0. The molecule has 1 aliphatic rings. The monoisotopic (exact) mass is 459 g/mol. The summed E-state index contributed by atoms with van der Waals surface area (Å²) in [6.45, 7) is 6.96. The van der Waals surface area contributed by atoms with E-state index in [4.69, 9.17) is 0 Å². The number of guanidine groups is 1. The summed E-state index contributed by atoms with van der Waals surface area (Å²) in [5.74, 6) is 0.956. The van der Waals surface area contributed by atoms with Crippen molar-refractivity contribution in [2.24, 2.45) is 4.99 Å². The fourth-order valence-electron chi connectivity index (χ4n) is 2.89. The van der Waals surface area contributed by atoms with Gasteiger partial charge in [-0.3, -0.25) is 9.78 Å². The molecule has 0 bridgehead atoms. The normalized spacial score (nSPS) is 17.6. The molecule has 1 amide bonds. The molecular formula is C18H30IN5O. The van der Waals surface area contributed by atoms with E-state index >= 15 is 0 Å². The highest BCUT2D eigenvalue weighted by atomic mass is 127. The maximum atomic E-state index is 12.3. The van der Waals surface area contributed by atoms with Crippen molar-refractivity contribution in [1.29, 1.82) is 0 Å². The fraction of sp³-hybridized carbons (Fsp3) is 0.611. The van der Waals surface area contributed by atoms with E-state index in [9.17, 15) is 4.79 Å². The van der Waals surface area contributed by atoms with E-state index in [1.807, 2.05) is 30.0 Å². The summed E-state index contributed by atoms with van der Waals surface area (Å²) in [6.07, 6.45) is 5.74. The first-order chi connectivity index (χ1) is 11.7. The molecule has 1 aromatic rings. The van der Waals surface area contributed by atoms with Crippen molar-refractivity contribution in [3.63, 3.8) is 0 Å². The van der Waals surface area contributed by atoms with Gasteiger partial charge in [-0.15, -0.1) is 24.0 Å². The molecule has 1 saturated heterocycles. The lowest BCUT2D eigenvalue weighted by molar-refractivity contribution is -0.134. The molecule has 0 aromatic carbocycles. The van der Waals surface area contributed by atoms with E-state index < -0.39 is 0 Å². The highest BCUT2D eigenvalue weighted by Crippen LogP contribution is 2.16. The number of hydrogen-bond acceptors (Lipinski definition) is 3. The van der Waals surface area contributed by atoms with Crippen LogP contribution in [-0.4, -0.2) is 47.4 Å². The van der Waals surface area contributed by atoms with Crippen molar-refractivity contribution in [1.82, 2.24) is 20.5 Å². The molecule has 0 saturated carbocycles. The molecule has 140 valence electrons. The van der Waals surface area contributed by atoms with Gasteiger partial charge in [0.2, 0.25) is 5.91 Å². The number of rotatable bonds is 6. The highest BCUT2D eigenvalue weighted by Gasteiger charge is 2.22. The largest absolute Gasteiger partial charge is 0.357 e. The van der Waals surface area contributed by atoms with Gasteiger partial charge in [0.1, 0.15) is 0 Å². The number of pyridine rings is 1. The minimum Gasteiger partial charge on any atom is -0.357 e. The smallest absolute Gasteiger partial charge is 0.224 e. The zero-order chi connectivity index (χ0) is 17.2. The number of carbonyl (C=O) groups is 1. The SMILES string of the molecule is CCNC(=NCc1ccccn1)NCCC(=O)N1CCCCC1C.I. The molecule has 1 aromatic heterocycles. The Labute approximate surface area is 167 Å². The van der Waals surface area contributed by atoms with E-state index in [0.717, 1.165) is 37.6 Å². The first-order valence-corrected chi connectivity index (χ1v) is 8.92. The molecule has 7 heteroatoms. The maximum absolute atomic E-state index is 12.3. The lowest BCUT2D eigenvalue weighted by Crippen LogP contribution is -2.44. The maximum Gasteiger partial charge on any atom is 0.224 e. The van der Waals surface area contributed by atoms with Crippen LogP contribution in [0.3, 0.4) is 0 Å². The Hall–Kier alpha value is -1.38. The molecule has 6 nitrogen and oxygen atoms in total. The predicted molar refractivity (Wildman–Crippen MR) is 112 cm³/mol. The van der Waals surface area contributed by atoms with Crippen LogP contribution in [0.4, 0.5) is 0 Å². The van der Waals surface area contributed by atoms with Crippen molar-refractivity contribution >= 4 is 35.8 Å². The van der Waals surface area contributed by atoms with E-state index in [1.165, 1.54) is 6.42 Å². The van der Waals surface area contributed by atoms with Crippen LogP contribution in [0.15, 0.2) is 29.4 Å². The lowest BCUT2D eigenvalue weighted by atomic mass is 10.0. The van der Waals surface area contributed by atoms with Gasteiger partial charge in [0.15, 0.2) is 5.96 Å². The Bertz CT molecular complexity index is 538. The summed E-state index contributed by atoms with van der Waals surface area (Å²) < 4.78 is 0. The fourth-order valence-corrected chi connectivity index (χ4v) is 2.89. The van der Waals surface area contributed by atoms with Crippen LogP contribution in [0.5, 0.6) is 0 Å². The van der Waals surface area contributed by atoms with Crippen LogP contribution >= 0.6 is 24.0 Å². The average molecular weight is 459 g/mol. The van der Waals surface area contributed by atoms with E-state index in [1.54, 1.807) is 6.20 Å². The number of nitrogens with one attached hydrogen (secondary N) is 2. The summed E-state index contributed by atoms with van der Waals surface area (Å²) in [5.41, 5.74) is 0.924. The number of piperidine rings is 1. The molecule has 0 radical (unpaired) electrons. The molecule has 0 aliphatic carbocycles. The number of aromatic nitrogens is 1. The van der Waals surface area contributed by atoms with Crippen LogP contribution in [-0.2, 0) is 11.3 Å². The Kier molecular flexibility index (Phi) is 10.4. The van der Waals surface area contributed by atoms with Crippen molar-refractivity contribution in [2.45, 2.75) is 52.1 Å². The van der Waals surface area contributed by atoms with Gasteiger partial charge in [-0.05, 0) is 45.2 Å². The second kappa shape index (κ2) is 12.1. The summed E-state index contributed by atoms with van der Waals surface area (Å²) in [7, 11) is 0.